The topological polar surface area (TPSA) is 55.2 Å². The van der Waals surface area contributed by atoms with Crippen LogP contribution in [-0.2, 0) is 0 Å². The molecule has 0 amide bonds. The van der Waals surface area contributed by atoms with Gasteiger partial charge in [0.1, 0.15) is 5.69 Å². The largest absolute Gasteiger partial charge is 0.371 e. The Morgan fingerprint density at radius 1 is 1.25 bits per heavy atom. The number of para-hydroxylation sites is 1. The Balaban J connectivity index is 2.30. The number of hydrogen-bond donors (Lipinski definition) is 1. The van der Waals surface area contributed by atoms with Gasteiger partial charge in [-0.3, -0.25) is 10.1 Å². The van der Waals surface area contributed by atoms with Gasteiger partial charge in [-0.25, -0.2) is 4.39 Å². The lowest BCUT2D eigenvalue weighted by molar-refractivity contribution is -0.384. The quantitative estimate of drug-likeness (QED) is 0.664. The van der Waals surface area contributed by atoms with Gasteiger partial charge in [0.2, 0.25) is 0 Å². The van der Waals surface area contributed by atoms with Crippen LogP contribution < -0.4 is 5.32 Å². The van der Waals surface area contributed by atoms with Gasteiger partial charge in [-0.05, 0) is 30.7 Å². The van der Waals surface area contributed by atoms with E-state index in [0.717, 1.165) is 5.56 Å². The highest BCUT2D eigenvalue weighted by molar-refractivity contribution is 6.30. The Kier molecular flexibility index (Phi) is 4.20. The highest BCUT2D eigenvalue weighted by atomic mass is 35.5. The molecule has 0 spiro atoms. The molecule has 2 rings (SSSR count). The summed E-state index contributed by atoms with van der Waals surface area (Å²) in [6.07, 6.45) is 0. The first-order valence-electron chi connectivity index (χ1n) is 5.94. The van der Waals surface area contributed by atoms with Crippen molar-refractivity contribution in [3.8, 4) is 0 Å². The predicted octanol–water partition coefficient (Wildman–Crippen LogP) is 4.56. The molecule has 4 nitrogen and oxygen atoms in total. The number of hydrogen-bond acceptors (Lipinski definition) is 3. The third kappa shape index (κ3) is 3.05. The van der Waals surface area contributed by atoms with E-state index in [2.05, 4.69) is 5.32 Å². The highest BCUT2D eigenvalue weighted by Gasteiger charge is 2.19. The molecule has 0 bridgehead atoms. The van der Waals surface area contributed by atoms with Crippen LogP contribution >= 0.6 is 11.6 Å². The molecule has 0 saturated heterocycles. The lowest BCUT2D eigenvalue weighted by atomic mass is 10.1. The highest BCUT2D eigenvalue weighted by Crippen LogP contribution is 2.30. The second-order valence-corrected chi connectivity index (χ2v) is 4.75. The second kappa shape index (κ2) is 5.88. The second-order valence-electron chi connectivity index (χ2n) is 4.31. The van der Waals surface area contributed by atoms with Gasteiger partial charge in [0.25, 0.3) is 5.69 Å². The Bertz CT molecular complexity index is 632. The number of nitrogens with one attached hydrogen (secondary N) is 1. The van der Waals surface area contributed by atoms with Gasteiger partial charge in [0, 0.05) is 17.1 Å². The van der Waals surface area contributed by atoms with Gasteiger partial charge in [-0.2, -0.15) is 0 Å². The maximum absolute atomic E-state index is 13.8. The molecule has 0 aliphatic carbocycles. The van der Waals surface area contributed by atoms with Crippen LogP contribution in [0.1, 0.15) is 18.5 Å². The molecule has 2 aromatic carbocycles. The molecule has 1 N–H and O–H groups in total. The lowest BCUT2D eigenvalue weighted by Crippen LogP contribution is -2.09. The van der Waals surface area contributed by atoms with Gasteiger partial charge in [-0.1, -0.05) is 29.8 Å². The molecule has 0 saturated carbocycles. The van der Waals surface area contributed by atoms with Crippen molar-refractivity contribution in [1.29, 1.82) is 0 Å². The number of anilines is 1. The Morgan fingerprint density at radius 3 is 2.50 bits per heavy atom. The summed E-state index contributed by atoms with van der Waals surface area (Å²) in [6.45, 7) is 1.79. The third-order valence-corrected chi connectivity index (χ3v) is 3.17. The molecule has 1 atom stereocenters. The minimum Gasteiger partial charge on any atom is -0.371 e. The predicted molar refractivity (Wildman–Crippen MR) is 76.5 cm³/mol. The van der Waals surface area contributed by atoms with E-state index in [1.165, 1.54) is 18.2 Å². The van der Waals surface area contributed by atoms with E-state index in [9.17, 15) is 14.5 Å². The molecule has 0 aliphatic rings. The van der Waals surface area contributed by atoms with Crippen molar-refractivity contribution in [3.05, 3.63) is 69.0 Å². The molecular formula is C14H12ClFN2O2. The first-order chi connectivity index (χ1) is 9.49. The zero-order valence-electron chi connectivity index (χ0n) is 10.6. The third-order valence-electron chi connectivity index (χ3n) is 2.92. The van der Waals surface area contributed by atoms with Crippen LogP contribution in [0.2, 0.25) is 5.02 Å². The smallest absolute Gasteiger partial charge is 0.295 e. The Labute approximate surface area is 120 Å². The van der Waals surface area contributed by atoms with E-state index >= 15 is 0 Å². The Hall–Kier alpha value is -2.14. The average molecular weight is 295 g/mol. The van der Waals surface area contributed by atoms with Crippen molar-refractivity contribution in [2.24, 2.45) is 0 Å². The fourth-order valence-corrected chi connectivity index (χ4v) is 1.99. The van der Waals surface area contributed by atoms with Gasteiger partial charge in [0.05, 0.1) is 4.92 Å². The van der Waals surface area contributed by atoms with E-state index in [1.54, 1.807) is 31.2 Å². The summed E-state index contributed by atoms with van der Waals surface area (Å²) in [6, 6.07) is 10.5. The van der Waals surface area contributed by atoms with Crippen LogP contribution in [-0.4, -0.2) is 4.92 Å². The van der Waals surface area contributed by atoms with Crippen molar-refractivity contribution >= 4 is 23.0 Å². The molecule has 2 aromatic rings. The zero-order chi connectivity index (χ0) is 14.7. The summed E-state index contributed by atoms with van der Waals surface area (Å²) >= 11 is 5.80. The van der Waals surface area contributed by atoms with Crippen molar-refractivity contribution in [3.63, 3.8) is 0 Å². The van der Waals surface area contributed by atoms with E-state index in [1.807, 2.05) is 0 Å². The van der Waals surface area contributed by atoms with Crippen LogP contribution in [0.5, 0.6) is 0 Å². The van der Waals surface area contributed by atoms with Crippen molar-refractivity contribution in [2.75, 3.05) is 5.32 Å². The van der Waals surface area contributed by atoms with Gasteiger partial charge in [0.15, 0.2) is 5.82 Å². The maximum atomic E-state index is 13.8. The summed E-state index contributed by atoms with van der Waals surface area (Å²) in [5.74, 6) is -0.653. The molecule has 1 unspecified atom stereocenters. The molecule has 0 aliphatic heterocycles. The fraction of sp³-hybridized carbons (Fsp3) is 0.143. The number of rotatable bonds is 4. The SMILES string of the molecule is CC(Nc1c(F)cccc1[N+](=O)[O-])c1ccc(Cl)cc1. The summed E-state index contributed by atoms with van der Waals surface area (Å²) in [4.78, 5) is 10.3. The standard InChI is InChI=1S/C14H12ClFN2O2/c1-9(10-5-7-11(15)8-6-10)17-14-12(16)3-2-4-13(14)18(19)20/h2-9,17H,1H3. The molecule has 0 radical (unpaired) electrons. The zero-order valence-corrected chi connectivity index (χ0v) is 11.4. The normalized spacial score (nSPS) is 11.9. The van der Waals surface area contributed by atoms with E-state index in [0.29, 0.717) is 5.02 Å². The summed E-state index contributed by atoms with van der Waals surface area (Å²) < 4.78 is 13.8. The summed E-state index contributed by atoms with van der Waals surface area (Å²) in [7, 11) is 0. The monoisotopic (exact) mass is 294 g/mol. The lowest BCUT2D eigenvalue weighted by Gasteiger charge is -2.16. The maximum Gasteiger partial charge on any atom is 0.295 e. The van der Waals surface area contributed by atoms with Gasteiger partial charge >= 0.3 is 0 Å². The summed E-state index contributed by atoms with van der Waals surface area (Å²) in [5, 5.41) is 14.3. The van der Waals surface area contributed by atoms with Crippen LogP contribution in [0.15, 0.2) is 42.5 Å². The van der Waals surface area contributed by atoms with E-state index in [-0.39, 0.29) is 17.4 Å². The number of nitro benzene ring substituents is 1. The average Bonchev–Trinajstić information content (AvgIpc) is 2.41. The minimum atomic E-state index is -0.653. The number of halogens is 2. The molecular weight excluding hydrogens is 283 g/mol. The number of nitro groups is 1. The van der Waals surface area contributed by atoms with Crippen LogP contribution in [0.4, 0.5) is 15.8 Å². The first-order valence-corrected chi connectivity index (χ1v) is 6.31. The van der Waals surface area contributed by atoms with Crippen molar-refractivity contribution in [2.45, 2.75) is 13.0 Å². The fourth-order valence-electron chi connectivity index (χ4n) is 1.86. The molecule has 0 aromatic heterocycles. The molecule has 0 fully saturated rings. The summed E-state index contributed by atoms with van der Waals surface area (Å²) in [5.41, 5.74) is 0.456. The van der Waals surface area contributed by atoms with Crippen molar-refractivity contribution < 1.29 is 9.31 Å². The van der Waals surface area contributed by atoms with E-state index in [4.69, 9.17) is 11.6 Å². The number of nitrogens with zero attached hydrogens (tertiary/aromatic N) is 1. The molecule has 20 heavy (non-hydrogen) atoms. The van der Waals surface area contributed by atoms with Crippen LogP contribution in [0.25, 0.3) is 0 Å². The molecule has 0 heterocycles. The van der Waals surface area contributed by atoms with Gasteiger partial charge < -0.3 is 5.32 Å². The molecule has 104 valence electrons. The molecule has 6 heteroatoms. The van der Waals surface area contributed by atoms with Crippen LogP contribution in [0, 0.1) is 15.9 Å². The van der Waals surface area contributed by atoms with E-state index < -0.39 is 10.7 Å². The number of benzene rings is 2. The van der Waals surface area contributed by atoms with Crippen molar-refractivity contribution in [1.82, 2.24) is 0 Å². The Morgan fingerprint density at radius 2 is 1.90 bits per heavy atom. The van der Waals surface area contributed by atoms with Crippen LogP contribution in [0.3, 0.4) is 0 Å². The minimum absolute atomic E-state index is 0.111. The van der Waals surface area contributed by atoms with Gasteiger partial charge in [-0.15, -0.1) is 0 Å². The first kappa shape index (κ1) is 14.3.